The van der Waals surface area contributed by atoms with Gasteiger partial charge in [0.15, 0.2) is 0 Å². The van der Waals surface area contributed by atoms with E-state index in [2.05, 4.69) is 15.4 Å². The van der Waals surface area contributed by atoms with E-state index in [-0.39, 0.29) is 42.7 Å². The fraction of sp³-hybridized carbons (Fsp3) is 0.438. The van der Waals surface area contributed by atoms with Gasteiger partial charge in [0.05, 0.1) is 13.5 Å². The maximum atomic E-state index is 11.9. The van der Waals surface area contributed by atoms with E-state index >= 15 is 0 Å². The van der Waals surface area contributed by atoms with Crippen molar-refractivity contribution in [3.8, 4) is 0 Å². The summed E-state index contributed by atoms with van der Waals surface area (Å²) in [5, 5.41) is 5.46. The second-order valence-corrected chi connectivity index (χ2v) is 5.19. The van der Waals surface area contributed by atoms with Gasteiger partial charge in [-0.3, -0.25) is 14.4 Å². The first-order valence-electron chi connectivity index (χ1n) is 7.14. The Balaban J connectivity index is 2.38. The minimum absolute atomic E-state index is 0.118. The van der Waals surface area contributed by atoms with Crippen molar-refractivity contribution < 1.29 is 19.1 Å². The summed E-state index contributed by atoms with van der Waals surface area (Å²) in [5.74, 6) is -0.820. The Hall–Kier alpha value is -2.37. The second-order valence-electron chi connectivity index (χ2n) is 5.19. The molecule has 0 aliphatic rings. The van der Waals surface area contributed by atoms with Crippen molar-refractivity contribution in [2.45, 2.75) is 38.8 Å². The monoisotopic (exact) mass is 306 g/mol. The molecule has 0 bridgehead atoms. The number of methoxy groups -OCH3 is 1. The Morgan fingerprint density at radius 2 is 1.59 bits per heavy atom. The predicted octanol–water partition coefficient (Wildman–Crippen LogP) is 1.26. The first kappa shape index (κ1) is 17.7. The van der Waals surface area contributed by atoms with Crippen molar-refractivity contribution in [1.29, 1.82) is 0 Å². The Kier molecular flexibility index (Phi) is 7.08. The van der Waals surface area contributed by atoms with Gasteiger partial charge in [0, 0.05) is 24.1 Å². The van der Waals surface area contributed by atoms with E-state index in [1.807, 2.05) is 6.07 Å². The minimum Gasteiger partial charge on any atom is -0.469 e. The lowest BCUT2D eigenvalue weighted by Gasteiger charge is -2.16. The highest BCUT2D eigenvalue weighted by Crippen LogP contribution is 2.01. The second kappa shape index (κ2) is 8.81. The lowest BCUT2D eigenvalue weighted by molar-refractivity contribution is -0.141. The van der Waals surface area contributed by atoms with Gasteiger partial charge in [0.2, 0.25) is 5.91 Å². The zero-order valence-electron chi connectivity index (χ0n) is 13.1. The summed E-state index contributed by atoms with van der Waals surface area (Å²) in [4.78, 5) is 34.9. The van der Waals surface area contributed by atoms with Crippen molar-refractivity contribution in [1.82, 2.24) is 10.6 Å². The maximum absolute atomic E-state index is 11.9. The van der Waals surface area contributed by atoms with Crippen LogP contribution in [0, 0.1) is 0 Å². The van der Waals surface area contributed by atoms with Gasteiger partial charge in [-0.1, -0.05) is 18.2 Å². The van der Waals surface area contributed by atoms with Crippen LogP contribution in [0.1, 0.15) is 37.0 Å². The highest BCUT2D eigenvalue weighted by atomic mass is 16.5. The summed E-state index contributed by atoms with van der Waals surface area (Å²) < 4.78 is 4.54. The van der Waals surface area contributed by atoms with Crippen LogP contribution >= 0.6 is 0 Å². The molecule has 6 nitrogen and oxygen atoms in total. The van der Waals surface area contributed by atoms with E-state index in [0.29, 0.717) is 5.56 Å². The molecular weight excluding hydrogens is 284 g/mol. The smallest absolute Gasteiger partial charge is 0.307 e. The fourth-order valence-electron chi connectivity index (χ4n) is 1.94. The van der Waals surface area contributed by atoms with Crippen LogP contribution in [-0.4, -0.2) is 37.0 Å². The lowest BCUT2D eigenvalue weighted by atomic mass is 10.1. The molecular formula is C16H22N2O4. The van der Waals surface area contributed by atoms with Gasteiger partial charge in [-0.2, -0.15) is 0 Å². The van der Waals surface area contributed by atoms with Crippen LogP contribution in [-0.2, 0) is 14.3 Å². The predicted molar refractivity (Wildman–Crippen MR) is 82.2 cm³/mol. The molecule has 0 saturated heterocycles. The average Bonchev–Trinajstić information content (AvgIpc) is 2.47. The minimum atomic E-state index is -0.377. The number of ether oxygens (including phenoxy) is 1. The standard InChI is InChI=1S/C16H22N2O4/c1-11(18-16(21)13-7-5-4-6-8-13)9-14(19)17-12(2)10-15(20)22-3/h4-8,11-12H,9-10H2,1-3H3,(H,17,19)(H,18,21). The molecule has 6 heteroatoms. The van der Waals surface area contributed by atoms with E-state index < -0.39 is 0 Å². The first-order chi connectivity index (χ1) is 10.4. The molecule has 0 heterocycles. The third kappa shape index (κ3) is 6.39. The number of rotatable bonds is 7. The largest absolute Gasteiger partial charge is 0.469 e. The van der Waals surface area contributed by atoms with E-state index in [0.717, 1.165) is 0 Å². The van der Waals surface area contributed by atoms with E-state index in [4.69, 9.17) is 0 Å². The number of hydrogen-bond acceptors (Lipinski definition) is 4. The molecule has 2 amide bonds. The number of nitrogens with one attached hydrogen (secondary N) is 2. The van der Waals surface area contributed by atoms with Crippen LogP contribution in [0.15, 0.2) is 30.3 Å². The van der Waals surface area contributed by atoms with Crippen LogP contribution in [0.3, 0.4) is 0 Å². The zero-order valence-corrected chi connectivity index (χ0v) is 13.1. The third-order valence-corrected chi connectivity index (χ3v) is 3.01. The Labute approximate surface area is 130 Å². The number of esters is 1. The van der Waals surface area contributed by atoms with Crippen molar-refractivity contribution in [2.75, 3.05) is 7.11 Å². The zero-order chi connectivity index (χ0) is 16.5. The van der Waals surface area contributed by atoms with E-state index in [1.165, 1.54) is 7.11 Å². The van der Waals surface area contributed by atoms with E-state index in [1.54, 1.807) is 38.1 Å². The molecule has 2 atom stereocenters. The molecule has 0 aliphatic heterocycles. The Morgan fingerprint density at radius 3 is 2.18 bits per heavy atom. The summed E-state index contributed by atoms with van der Waals surface area (Å²) in [5.41, 5.74) is 0.550. The van der Waals surface area contributed by atoms with Gasteiger partial charge >= 0.3 is 5.97 Å². The van der Waals surface area contributed by atoms with Crippen LogP contribution in [0.4, 0.5) is 0 Å². The molecule has 2 N–H and O–H groups in total. The molecule has 0 aliphatic carbocycles. The summed E-state index contributed by atoms with van der Waals surface area (Å²) >= 11 is 0. The van der Waals surface area contributed by atoms with Crippen LogP contribution < -0.4 is 10.6 Å². The van der Waals surface area contributed by atoms with Gasteiger partial charge in [0.25, 0.3) is 5.91 Å². The highest BCUT2D eigenvalue weighted by molar-refractivity contribution is 5.94. The summed E-state index contributed by atoms with van der Waals surface area (Å²) in [7, 11) is 1.30. The van der Waals surface area contributed by atoms with Crippen LogP contribution in [0.2, 0.25) is 0 Å². The quantitative estimate of drug-likeness (QED) is 0.743. The van der Waals surface area contributed by atoms with Crippen molar-refractivity contribution in [3.63, 3.8) is 0 Å². The first-order valence-corrected chi connectivity index (χ1v) is 7.14. The van der Waals surface area contributed by atoms with Gasteiger partial charge in [0.1, 0.15) is 0 Å². The number of amides is 2. The van der Waals surface area contributed by atoms with Crippen molar-refractivity contribution in [3.05, 3.63) is 35.9 Å². The lowest BCUT2D eigenvalue weighted by Crippen LogP contribution is -2.40. The van der Waals surface area contributed by atoms with Crippen LogP contribution in [0.5, 0.6) is 0 Å². The topological polar surface area (TPSA) is 84.5 Å². The van der Waals surface area contributed by atoms with Gasteiger partial charge in [-0.05, 0) is 26.0 Å². The number of benzene rings is 1. The van der Waals surface area contributed by atoms with Gasteiger partial charge in [-0.25, -0.2) is 0 Å². The van der Waals surface area contributed by atoms with E-state index in [9.17, 15) is 14.4 Å². The molecule has 1 aromatic rings. The molecule has 1 rings (SSSR count). The number of carbonyl (C=O) groups excluding carboxylic acids is 3. The molecule has 1 aromatic carbocycles. The normalized spacial score (nSPS) is 12.9. The maximum Gasteiger partial charge on any atom is 0.307 e. The molecule has 0 spiro atoms. The van der Waals surface area contributed by atoms with Gasteiger partial charge in [-0.15, -0.1) is 0 Å². The molecule has 120 valence electrons. The third-order valence-electron chi connectivity index (χ3n) is 3.01. The summed E-state index contributed by atoms with van der Waals surface area (Å²) in [6.45, 7) is 3.48. The van der Waals surface area contributed by atoms with Crippen molar-refractivity contribution in [2.24, 2.45) is 0 Å². The molecule has 0 saturated carbocycles. The van der Waals surface area contributed by atoms with Crippen molar-refractivity contribution >= 4 is 17.8 Å². The van der Waals surface area contributed by atoms with Gasteiger partial charge < -0.3 is 15.4 Å². The molecule has 0 fully saturated rings. The molecule has 2 unspecified atom stereocenters. The molecule has 0 radical (unpaired) electrons. The highest BCUT2D eigenvalue weighted by Gasteiger charge is 2.16. The average molecular weight is 306 g/mol. The summed E-state index contributed by atoms with van der Waals surface area (Å²) in [6, 6.07) is 8.19. The summed E-state index contributed by atoms with van der Waals surface area (Å²) in [6.07, 6.45) is 0.261. The Bertz CT molecular complexity index is 516. The number of carbonyl (C=O) groups is 3. The molecule has 0 aromatic heterocycles. The molecule has 22 heavy (non-hydrogen) atoms. The fourth-order valence-corrected chi connectivity index (χ4v) is 1.94. The Morgan fingerprint density at radius 1 is 1.00 bits per heavy atom. The SMILES string of the molecule is COC(=O)CC(C)NC(=O)CC(C)NC(=O)c1ccccc1. The number of hydrogen-bond donors (Lipinski definition) is 2. The van der Waals surface area contributed by atoms with Crippen LogP contribution in [0.25, 0.3) is 0 Å².